The zero-order chi connectivity index (χ0) is 12.3. The molecule has 0 amide bonds. The lowest BCUT2D eigenvalue weighted by molar-refractivity contribution is 0.380. The van der Waals surface area contributed by atoms with Gasteiger partial charge in [-0.2, -0.15) is 0 Å². The monoisotopic (exact) mass is 225 g/mol. The maximum atomic E-state index is 5.74. The molecule has 0 radical (unpaired) electrons. The summed E-state index contributed by atoms with van der Waals surface area (Å²) in [6.07, 6.45) is 14.3. The number of nitrogens with two attached hydrogens (primary N) is 1. The smallest absolute Gasteiger partial charge is 0.00114 e. The fourth-order valence-electron chi connectivity index (χ4n) is 1.95. The van der Waals surface area contributed by atoms with Crippen LogP contribution in [0.3, 0.4) is 0 Å². The maximum absolute atomic E-state index is 5.74. The molecule has 0 aliphatic carbocycles. The van der Waals surface area contributed by atoms with Crippen LogP contribution in [0.1, 0.15) is 71.6 Å². The van der Waals surface area contributed by atoms with E-state index in [2.05, 4.69) is 20.4 Å². The quantitative estimate of drug-likeness (QED) is 0.401. The zero-order valence-corrected chi connectivity index (χ0v) is 11.4. The molecule has 0 aliphatic heterocycles. The topological polar surface area (TPSA) is 26.0 Å². The highest BCUT2D eigenvalue weighted by molar-refractivity contribution is 4.91. The van der Waals surface area contributed by atoms with E-state index >= 15 is 0 Å². The van der Waals surface area contributed by atoms with Crippen LogP contribution in [0.2, 0.25) is 0 Å². The lowest BCUT2D eigenvalue weighted by Gasteiger charge is -2.23. The molecule has 0 aromatic carbocycles. The van der Waals surface area contributed by atoms with E-state index in [0.29, 0.717) is 0 Å². The van der Waals surface area contributed by atoms with E-state index in [0.717, 1.165) is 6.54 Å². The summed E-state index contributed by atoms with van der Waals surface area (Å²) in [7, 11) is 0. The Morgan fingerprint density at radius 3 is 1.94 bits per heavy atom. The molecule has 0 rings (SSSR count). The number of rotatable bonds is 11. The van der Waals surface area contributed by atoms with E-state index in [9.17, 15) is 0 Å². The van der Waals surface area contributed by atoms with Gasteiger partial charge in [-0.05, 0) is 11.8 Å². The van der Waals surface area contributed by atoms with Gasteiger partial charge in [0.1, 0.15) is 0 Å². The van der Waals surface area contributed by atoms with Gasteiger partial charge in [0.2, 0.25) is 0 Å². The Hall–Kier alpha value is -0.300. The second-order valence-corrected chi connectivity index (χ2v) is 5.29. The molecule has 0 spiro atoms. The minimum Gasteiger partial charge on any atom is -0.330 e. The van der Waals surface area contributed by atoms with E-state index < -0.39 is 0 Å². The molecule has 2 N–H and O–H groups in total. The van der Waals surface area contributed by atoms with Crippen molar-refractivity contribution in [3.05, 3.63) is 12.7 Å². The SMILES string of the molecule is C=CC(C)(CN)CCCCCCCCCC. The third-order valence-corrected chi connectivity index (χ3v) is 3.56. The molecule has 1 heteroatoms. The predicted octanol–water partition coefficient (Wildman–Crippen LogP) is 4.67. The van der Waals surface area contributed by atoms with Gasteiger partial charge in [0.15, 0.2) is 0 Å². The number of hydrogen-bond donors (Lipinski definition) is 1. The molecule has 0 aromatic rings. The third-order valence-electron chi connectivity index (χ3n) is 3.56. The Morgan fingerprint density at radius 2 is 1.50 bits per heavy atom. The van der Waals surface area contributed by atoms with Gasteiger partial charge in [0.25, 0.3) is 0 Å². The van der Waals surface area contributed by atoms with Gasteiger partial charge in [0, 0.05) is 6.54 Å². The highest BCUT2D eigenvalue weighted by Gasteiger charge is 2.16. The predicted molar refractivity (Wildman–Crippen MR) is 74.6 cm³/mol. The lowest BCUT2D eigenvalue weighted by Crippen LogP contribution is -2.24. The first kappa shape index (κ1) is 15.7. The Balaban J connectivity index is 3.29. The second-order valence-electron chi connectivity index (χ2n) is 5.29. The van der Waals surface area contributed by atoms with E-state index in [-0.39, 0.29) is 5.41 Å². The van der Waals surface area contributed by atoms with E-state index in [4.69, 9.17) is 5.73 Å². The number of unbranched alkanes of at least 4 members (excludes halogenated alkanes) is 7. The average Bonchev–Trinajstić information content (AvgIpc) is 2.32. The Bertz CT molecular complexity index is 165. The van der Waals surface area contributed by atoms with Gasteiger partial charge in [-0.25, -0.2) is 0 Å². The Kier molecular flexibility index (Phi) is 9.71. The van der Waals surface area contributed by atoms with E-state index in [1.807, 2.05) is 6.08 Å². The van der Waals surface area contributed by atoms with Crippen LogP contribution in [0.15, 0.2) is 12.7 Å². The van der Waals surface area contributed by atoms with Crippen LogP contribution in [0, 0.1) is 5.41 Å². The van der Waals surface area contributed by atoms with E-state index in [1.165, 1.54) is 57.8 Å². The summed E-state index contributed by atoms with van der Waals surface area (Å²) < 4.78 is 0. The van der Waals surface area contributed by atoms with Crippen molar-refractivity contribution >= 4 is 0 Å². The van der Waals surface area contributed by atoms with Crippen molar-refractivity contribution in [2.75, 3.05) is 6.54 Å². The molecule has 0 aromatic heterocycles. The standard InChI is InChI=1S/C15H31N/c1-4-6-7-8-9-10-11-12-13-15(3,5-2)14-16/h5H,2,4,6-14,16H2,1,3H3. The van der Waals surface area contributed by atoms with Crippen LogP contribution in [0.25, 0.3) is 0 Å². The summed E-state index contributed by atoms with van der Waals surface area (Å²) in [5.74, 6) is 0. The Labute approximate surface area is 102 Å². The fraction of sp³-hybridized carbons (Fsp3) is 0.867. The summed E-state index contributed by atoms with van der Waals surface area (Å²) in [6, 6.07) is 0. The first-order valence-corrected chi connectivity index (χ1v) is 7.02. The van der Waals surface area contributed by atoms with Gasteiger partial charge >= 0.3 is 0 Å². The van der Waals surface area contributed by atoms with Gasteiger partial charge < -0.3 is 5.73 Å². The van der Waals surface area contributed by atoms with Crippen molar-refractivity contribution in [1.82, 2.24) is 0 Å². The van der Waals surface area contributed by atoms with Crippen LogP contribution >= 0.6 is 0 Å². The number of hydrogen-bond acceptors (Lipinski definition) is 1. The highest BCUT2D eigenvalue weighted by Crippen LogP contribution is 2.24. The highest BCUT2D eigenvalue weighted by atomic mass is 14.6. The average molecular weight is 225 g/mol. The summed E-state index contributed by atoms with van der Waals surface area (Å²) in [4.78, 5) is 0. The summed E-state index contributed by atoms with van der Waals surface area (Å²) >= 11 is 0. The summed E-state index contributed by atoms with van der Waals surface area (Å²) in [6.45, 7) is 9.08. The second kappa shape index (κ2) is 9.89. The lowest BCUT2D eigenvalue weighted by atomic mass is 9.85. The van der Waals surface area contributed by atoms with Gasteiger partial charge in [-0.1, -0.05) is 71.3 Å². The largest absolute Gasteiger partial charge is 0.330 e. The van der Waals surface area contributed by atoms with Crippen molar-refractivity contribution in [3.63, 3.8) is 0 Å². The van der Waals surface area contributed by atoms with Crippen LogP contribution in [0.5, 0.6) is 0 Å². The molecule has 0 saturated carbocycles. The van der Waals surface area contributed by atoms with Crippen molar-refractivity contribution < 1.29 is 0 Å². The molecule has 1 nitrogen and oxygen atoms in total. The van der Waals surface area contributed by atoms with Crippen LogP contribution < -0.4 is 5.73 Å². The van der Waals surface area contributed by atoms with Crippen molar-refractivity contribution in [2.24, 2.45) is 11.1 Å². The third kappa shape index (κ3) is 7.92. The molecule has 16 heavy (non-hydrogen) atoms. The minimum atomic E-state index is 0.169. The Morgan fingerprint density at radius 1 is 1.00 bits per heavy atom. The molecular weight excluding hydrogens is 194 g/mol. The van der Waals surface area contributed by atoms with Crippen molar-refractivity contribution in [2.45, 2.75) is 71.6 Å². The first-order valence-electron chi connectivity index (χ1n) is 7.02. The van der Waals surface area contributed by atoms with Crippen LogP contribution in [0.4, 0.5) is 0 Å². The van der Waals surface area contributed by atoms with Gasteiger partial charge in [-0.15, -0.1) is 6.58 Å². The molecule has 0 aliphatic rings. The van der Waals surface area contributed by atoms with Crippen molar-refractivity contribution in [1.29, 1.82) is 0 Å². The summed E-state index contributed by atoms with van der Waals surface area (Å²) in [5, 5.41) is 0. The molecular formula is C15H31N. The molecule has 1 atom stereocenters. The van der Waals surface area contributed by atoms with E-state index in [1.54, 1.807) is 0 Å². The van der Waals surface area contributed by atoms with Crippen LogP contribution in [-0.2, 0) is 0 Å². The molecule has 0 saturated heterocycles. The molecule has 0 heterocycles. The molecule has 0 fully saturated rings. The van der Waals surface area contributed by atoms with Gasteiger partial charge in [0.05, 0.1) is 0 Å². The van der Waals surface area contributed by atoms with Gasteiger partial charge in [-0.3, -0.25) is 0 Å². The van der Waals surface area contributed by atoms with Crippen molar-refractivity contribution in [3.8, 4) is 0 Å². The fourth-order valence-corrected chi connectivity index (χ4v) is 1.95. The zero-order valence-electron chi connectivity index (χ0n) is 11.4. The molecule has 0 bridgehead atoms. The molecule has 1 unspecified atom stereocenters. The first-order chi connectivity index (χ1) is 7.68. The van der Waals surface area contributed by atoms with Crippen LogP contribution in [-0.4, -0.2) is 6.54 Å². The molecule has 96 valence electrons. The maximum Gasteiger partial charge on any atom is 0.00114 e. The summed E-state index contributed by atoms with van der Waals surface area (Å²) in [5.41, 5.74) is 5.91. The minimum absolute atomic E-state index is 0.169. The normalized spacial score (nSPS) is 14.7.